The van der Waals surface area contributed by atoms with Crippen molar-refractivity contribution in [2.75, 3.05) is 52.6 Å². The molecule has 2 aromatic rings. The Morgan fingerprint density at radius 2 is 1.50 bits per heavy atom. The van der Waals surface area contributed by atoms with Gasteiger partial charge in [-0.3, -0.25) is 0 Å². The van der Waals surface area contributed by atoms with Gasteiger partial charge in [-0.1, -0.05) is 72.9 Å². The van der Waals surface area contributed by atoms with Gasteiger partial charge in [-0.25, -0.2) is 4.58 Å². The Hall–Kier alpha value is -1.73. The summed E-state index contributed by atoms with van der Waals surface area (Å²) in [5.41, 5.74) is 2.59. The van der Waals surface area contributed by atoms with E-state index in [1.54, 1.807) is 0 Å². The van der Waals surface area contributed by atoms with E-state index in [-0.39, 0.29) is 5.25 Å². The number of morpholine rings is 2. The number of thioether (sulfide) groups is 1. The molecule has 0 saturated carbocycles. The molecule has 2 fully saturated rings. The Morgan fingerprint density at radius 3 is 2.17 bits per heavy atom. The summed E-state index contributed by atoms with van der Waals surface area (Å²) >= 11 is 7.96. The van der Waals surface area contributed by atoms with Gasteiger partial charge in [-0.15, -0.1) is 0 Å². The van der Waals surface area contributed by atoms with Crippen LogP contribution in [0.4, 0.5) is 0 Å². The highest BCUT2D eigenvalue weighted by Gasteiger charge is 2.30. The fraction of sp³-hybridized carbons (Fsp3) is 0.417. The van der Waals surface area contributed by atoms with Crippen molar-refractivity contribution < 1.29 is 14.0 Å². The lowest BCUT2D eigenvalue weighted by molar-refractivity contribution is -0.547. The summed E-state index contributed by atoms with van der Waals surface area (Å²) < 4.78 is 13.7. The number of hydrogen-bond acceptors (Lipinski definition) is 4. The average molecular weight is 442 g/mol. The maximum Gasteiger partial charge on any atom is 0.216 e. The highest BCUT2D eigenvalue weighted by Crippen LogP contribution is 2.34. The van der Waals surface area contributed by atoms with Crippen molar-refractivity contribution in [3.8, 4) is 0 Å². The van der Waals surface area contributed by atoms with E-state index in [1.165, 1.54) is 16.2 Å². The molecule has 0 radical (unpaired) electrons. The van der Waals surface area contributed by atoms with E-state index in [2.05, 4.69) is 70.1 Å². The summed E-state index contributed by atoms with van der Waals surface area (Å²) in [6, 6.07) is 21.4. The third kappa shape index (κ3) is 5.70. The van der Waals surface area contributed by atoms with Crippen molar-refractivity contribution in [3.05, 3.63) is 71.8 Å². The predicted octanol–water partition coefficient (Wildman–Crippen LogP) is 3.80. The van der Waals surface area contributed by atoms with Crippen LogP contribution >= 0.6 is 24.0 Å². The molecule has 1 atom stereocenters. The molecule has 158 valence electrons. The number of rotatable bonds is 5. The molecule has 4 nitrogen and oxygen atoms in total. The van der Waals surface area contributed by atoms with Crippen molar-refractivity contribution >= 4 is 34.0 Å². The molecule has 1 unspecified atom stereocenters. The van der Waals surface area contributed by atoms with E-state index in [9.17, 15) is 0 Å². The molecular formula is C24H29N2O2S2+. The van der Waals surface area contributed by atoms with Gasteiger partial charge in [0.15, 0.2) is 13.1 Å². The summed E-state index contributed by atoms with van der Waals surface area (Å²) in [6.45, 7) is 6.66. The molecule has 2 heterocycles. The lowest BCUT2D eigenvalue weighted by Gasteiger charge is -2.33. The van der Waals surface area contributed by atoms with Crippen molar-refractivity contribution in [2.45, 2.75) is 11.7 Å². The molecule has 6 heteroatoms. The monoisotopic (exact) mass is 441 g/mol. The molecule has 4 rings (SSSR count). The minimum Gasteiger partial charge on any atom is -0.378 e. The number of hydrogen-bond donors (Lipinski definition) is 0. The SMILES string of the molecule is S=C(C(SC(Cc1ccccc1)=[N+]1CCOCC1)c1ccccc1)N1CCOCC1. The first-order chi connectivity index (χ1) is 14.8. The molecule has 2 aliphatic heterocycles. The van der Waals surface area contributed by atoms with Crippen LogP contribution in [-0.4, -0.2) is 72.1 Å². The van der Waals surface area contributed by atoms with Crippen molar-refractivity contribution in [1.29, 1.82) is 0 Å². The normalized spacial score (nSPS) is 18.1. The predicted molar refractivity (Wildman–Crippen MR) is 128 cm³/mol. The van der Waals surface area contributed by atoms with Crippen LogP contribution in [-0.2, 0) is 15.9 Å². The number of ether oxygens (including phenoxy) is 2. The molecule has 30 heavy (non-hydrogen) atoms. The van der Waals surface area contributed by atoms with Gasteiger partial charge in [0.05, 0.1) is 29.9 Å². The minimum atomic E-state index is 0.112. The van der Waals surface area contributed by atoms with E-state index in [4.69, 9.17) is 21.7 Å². The first-order valence-electron chi connectivity index (χ1n) is 10.6. The maximum atomic E-state index is 6.05. The van der Waals surface area contributed by atoms with Crippen molar-refractivity contribution in [1.82, 2.24) is 4.90 Å². The average Bonchev–Trinajstić information content (AvgIpc) is 2.83. The number of nitrogens with zero attached hydrogens (tertiary/aromatic N) is 2. The Kier molecular flexibility index (Phi) is 7.92. The van der Waals surface area contributed by atoms with Crippen LogP contribution in [0.5, 0.6) is 0 Å². The Labute approximate surface area is 188 Å². The molecule has 0 spiro atoms. The fourth-order valence-corrected chi connectivity index (χ4v) is 5.65. The third-order valence-corrected chi connectivity index (χ3v) is 7.51. The molecule has 0 N–H and O–H groups in total. The van der Waals surface area contributed by atoms with Gasteiger partial charge in [0.25, 0.3) is 0 Å². The topological polar surface area (TPSA) is 24.7 Å². The first kappa shape index (κ1) is 21.5. The van der Waals surface area contributed by atoms with E-state index in [0.717, 1.165) is 64.0 Å². The van der Waals surface area contributed by atoms with Crippen LogP contribution in [0.1, 0.15) is 16.4 Å². The maximum absolute atomic E-state index is 6.05. The lowest BCUT2D eigenvalue weighted by Crippen LogP contribution is -2.42. The van der Waals surface area contributed by atoms with Crippen LogP contribution in [0.15, 0.2) is 60.7 Å². The zero-order valence-electron chi connectivity index (χ0n) is 17.2. The fourth-order valence-electron chi connectivity index (χ4n) is 3.79. The molecule has 0 amide bonds. The van der Waals surface area contributed by atoms with Gasteiger partial charge in [0.2, 0.25) is 5.04 Å². The molecule has 2 saturated heterocycles. The second-order valence-corrected chi connectivity index (χ2v) is 9.10. The Bertz CT molecular complexity index is 844. The van der Waals surface area contributed by atoms with Crippen LogP contribution < -0.4 is 0 Å². The van der Waals surface area contributed by atoms with Gasteiger partial charge in [-0.2, -0.15) is 0 Å². The third-order valence-electron chi connectivity index (χ3n) is 5.47. The summed E-state index contributed by atoms with van der Waals surface area (Å²) in [7, 11) is 0. The van der Waals surface area contributed by atoms with E-state index >= 15 is 0 Å². The number of benzene rings is 2. The Balaban J connectivity index is 1.64. The number of thiocarbonyl (C=S) groups is 1. The smallest absolute Gasteiger partial charge is 0.216 e. The second-order valence-electron chi connectivity index (χ2n) is 7.50. The van der Waals surface area contributed by atoms with Gasteiger partial charge in [-0.05, 0) is 22.9 Å². The van der Waals surface area contributed by atoms with Crippen LogP contribution in [0.2, 0.25) is 0 Å². The van der Waals surface area contributed by atoms with E-state index in [0.29, 0.717) is 0 Å². The largest absolute Gasteiger partial charge is 0.378 e. The van der Waals surface area contributed by atoms with Gasteiger partial charge in [0, 0.05) is 13.1 Å². The molecule has 0 bridgehead atoms. The van der Waals surface area contributed by atoms with Crippen LogP contribution in [0.25, 0.3) is 0 Å². The highest BCUT2D eigenvalue weighted by molar-refractivity contribution is 8.15. The Morgan fingerprint density at radius 1 is 0.900 bits per heavy atom. The molecular weight excluding hydrogens is 412 g/mol. The van der Waals surface area contributed by atoms with Gasteiger partial charge < -0.3 is 14.4 Å². The zero-order valence-corrected chi connectivity index (χ0v) is 18.9. The molecule has 0 aromatic heterocycles. The molecule has 2 aromatic carbocycles. The lowest BCUT2D eigenvalue weighted by atomic mass is 10.1. The van der Waals surface area contributed by atoms with Crippen LogP contribution in [0, 0.1) is 0 Å². The first-order valence-corrected chi connectivity index (χ1v) is 11.9. The minimum absolute atomic E-state index is 0.112. The van der Waals surface area contributed by atoms with Crippen molar-refractivity contribution in [2.24, 2.45) is 0 Å². The highest BCUT2D eigenvalue weighted by atomic mass is 32.2. The summed E-state index contributed by atoms with van der Waals surface area (Å²) in [4.78, 5) is 3.33. The summed E-state index contributed by atoms with van der Waals surface area (Å²) in [5, 5.41) is 1.48. The molecule has 2 aliphatic rings. The zero-order chi connectivity index (χ0) is 20.6. The summed E-state index contributed by atoms with van der Waals surface area (Å²) in [5.74, 6) is 0. The van der Waals surface area contributed by atoms with Gasteiger partial charge >= 0.3 is 0 Å². The van der Waals surface area contributed by atoms with Crippen LogP contribution in [0.3, 0.4) is 0 Å². The quantitative estimate of drug-likeness (QED) is 0.399. The molecule has 0 aliphatic carbocycles. The van der Waals surface area contributed by atoms with Gasteiger partial charge in [0.1, 0.15) is 13.2 Å². The summed E-state index contributed by atoms with van der Waals surface area (Å²) in [6.07, 6.45) is 0.917. The van der Waals surface area contributed by atoms with Crippen molar-refractivity contribution in [3.63, 3.8) is 0 Å². The van der Waals surface area contributed by atoms with E-state index in [1.807, 2.05) is 11.8 Å². The standard InChI is InChI=1S/C24H29N2O2S2/c29-24(26-13-17-28-18-14-26)23(21-9-5-2-6-10-21)30-22(25-11-15-27-16-12-25)19-20-7-3-1-4-8-20/h1-10,23H,11-19H2/q+1. The second kappa shape index (κ2) is 11.0. The van der Waals surface area contributed by atoms with E-state index < -0.39 is 0 Å².